The number of urea groups is 1. The number of aliphatic carboxylic acids is 1. The fourth-order valence-electron chi connectivity index (χ4n) is 3.43. The molecule has 0 aromatic carbocycles. The van der Waals surface area contributed by atoms with Crippen molar-refractivity contribution in [3.63, 3.8) is 0 Å². The molecule has 2 aliphatic rings. The number of carboxylic acid groups (broad SMARTS) is 1. The highest BCUT2D eigenvalue weighted by molar-refractivity contribution is 5.82. The molecule has 0 aromatic heterocycles. The monoisotopic (exact) mass is 284 g/mol. The van der Waals surface area contributed by atoms with Crippen molar-refractivity contribution in [3.8, 4) is 0 Å². The van der Waals surface area contributed by atoms with Gasteiger partial charge in [0.2, 0.25) is 0 Å². The quantitative estimate of drug-likeness (QED) is 0.801. The number of amides is 2. The minimum Gasteiger partial charge on any atom is -0.480 e. The van der Waals surface area contributed by atoms with Gasteiger partial charge in [-0.05, 0) is 31.6 Å². The molecule has 1 aliphatic carbocycles. The van der Waals surface area contributed by atoms with Gasteiger partial charge in [-0.2, -0.15) is 0 Å². The fourth-order valence-corrected chi connectivity index (χ4v) is 3.43. The molecule has 2 N–H and O–H groups in total. The first-order valence-corrected chi connectivity index (χ1v) is 7.42. The Kier molecular flexibility index (Phi) is 5.23. The number of carboxylic acids is 1. The summed E-state index contributed by atoms with van der Waals surface area (Å²) in [4.78, 5) is 25.3. The largest absolute Gasteiger partial charge is 0.480 e. The van der Waals surface area contributed by atoms with Gasteiger partial charge in [-0.3, -0.25) is 0 Å². The van der Waals surface area contributed by atoms with Gasteiger partial charge in [0, 0.05) is 32.7 Å². The van der Waals surface area contributed by atoms with Crippen molar-refractivity contribution < 1.29 is 19.4 Å². The average Bonchev–Trinajstić information content (AvgIpc) is 2.90. The molecule has 1 saturated heterocycles. The molecule has 2 amide bonds. The van der Waals surface area contributed by atoms with Gasteiger partial charge in [0.15, 0.2) is 0 Å². The van der Waals surface area contributed by atoms with Crippen molar-refractivity contribution in [1.29, 1.82) is 0 Å². The molecule has 114 valence electrons. The molecule has 2 fully saturated rings. The summed E-state index contributed by atoms with van der Waals surface area (Å²) in [6.07, 6.45) is 5.92. The number of nitrogens with one attached hydrogen (secondary N) is 1. The highest BCUT2D eigenvalue weighted by Gasteiger charge is 2.38. The zero-order valence-electron chi connectivity index (χ0n) is 12.0. The third-order valence-electron chi connectivity index (χ3n) is 4.46. The number of fused-ring (bicyclic) bond motifs is 1. The molecule has 0 bridgehead atoms. The fraction of sp³-hybridized carbons (Fsp3) is 0.857. The van der Waals surface area contributed by atoms with Crippen LogP contribution in [0.5, 0.6) is 0 Å². The Morgan fingerprint density at radius 1 is 1.35 bits per heavy atom. The molecule has 1 saturated carbocycles. The minimum absolute atomic E-state index is 0.231. The summed E-state index contributed by atoms with van der Waals surface area (Å²) in [6, 6.07) is -0.796. The smallest absolute Gasteiger partial charge is 0.326 e. The van der Waals surface area contributed by atoms with Gasteiger partial charge in [-0.15, -0.1) is 0 Å². The summed E-state index contributed by atoms with van der Waals surface area (Å²) in [7, 11) is 1.52. The van der Waals surface area contributed by atoms with Crippen LogP contribution in [0.25, 0.3) is 0 Å². The summed E-state index contributed by atoms with van der Waals surface area (Å²) in [5, 5.41) is 11.8. The molecule has 6 nitrogen and oxygen atoms in total. The van der Waals surface area contributed by atoms with Crippen molar-refractivity contribution in [1.82, 2.24) is 10.2 Å². The Bertz CT molecular complexity index is 361. The maximum absolute atomic E-state index is 12.3. The molecule has 3 unspecified atom stereocenters. The highest BCUT2D eigenvalue weighted by atomic mass is 16.5. The Balaban J connectivity index is 1.93. The zero-order valence-corrected chi connectivity index (χ0v) is 12.0. The SMILES string of the molecule is COCCC(NC(=O)N1CCCC2CCCC21)C(=O)O. The first-order chi connectivity index (χ1) is 9.63. The topological polar surface area (TPSA) is 78.9 Å². The van der Waals surface area contributed by atoms with Crippen LogP contribution in [-0.4, -0.2) is 54.4 Å². The predicted octanol–water partition coefficient (Wildman–Crippen LogP) is 1.45. The molecule has 1 heterocycles. The van der Waals surface area contributed by atoms with E-state index in [4.69, 9.17) is 9.84 Å². The molecule has 2 rings (SSSR count). The van der Waals surface area contributed by atoms with Crippen LogP contribution in [-0.2, 0) is 9.53 Å². The molecule has 20 heavy (non-hydrogen) atoms. The number of rotatable bonds is 5. The molecule has 3 atom stereocenters. The van der Waals surface area contributed by atoms with Crippen molar-refractivity contribution in [3.05, 3.63) is 0 Å². The van der Waals surface area contributed by atoms with E-state index in [-0.39, 0.29) is 6.03 Å². The minimum atomic E-state index is -1.00. The lowest BCUT2D eigenvalue weighted by Crippen LogP contribution is -2.54. The second-order valence-electron chi connectivity index (χ2n) is 5.72. The first-order valence-electron chi connectivity index (χ1n) is 7.42. The summed E-state index contributed by atoms with van der Waals surface area (Å²) >= 11 is 0. The number of likely N-dealkylation sites (tertiary alicyclic amines) is 1. The van der Waals surface area contributed by atoms with Gasteiger partial charge in [0.05, 0.1) is 0 Å². The van der Waals surface area contributed by atoms with E-state index < -0.39 is 12.0 Å². The molecule has 0 spiro atoms. The third-order valence-corrected chi connectivity index (χ3v) is 4.46. The van der Waals surface area contributed by atoms with E-state index in [9.17, 15) is 9.59 Å². The van der Waals surface area contributed by atoms with E-state index in [1.54, 1.807) is 0 Å². The van der Waals surface area contributed by atoms with Crippen LogP contribution in [0.4, 0.5) is 4.79 Å². The number of carbonyl (C=O) groups is 2. The van der Waals surface area contributed by atoms with Crippen LogP contribution >= 0.6 is 0 Å². The van der Waals surface area contributed by atoms with Crippen LogP contribution in [0.3, 0.4) is 0 Å². The maximum atomic E-state index is 12.3. The lowest BCUT2D eigenvalue weighted by Gasteiger charge is -2.38. The van der Waals surface area contributed by atoms with Gasteiger partial charge >= 0.3 is 12.0 Å². The molecule has 6 heteroatoms. The van der Waals surface area contributed by atoms with Gasteiger partial charge in [0.25, 0.3) is 0 Å². The summed E-state index contributed by atoms with van der Waals surface area (Å²) in [5.41, 5.74) is 0. The molecular formula is C14H24N2O4. The van der Waals surface area contributed by atoms with Crippen molar-refractivity contribution in [2.45, 2.75) is 50.6 Å². The number of methoxy groups -OCH3 is 1. The average molecular weight is 284 g/mol. The summed E-state index contributed by atoms with van der Waals surface area (Å²) in [6.45, 7) is 1.06. The van der Waals surface area contributed by atoms with Crippen LogP contribution in [0.1, 0.15) is 38.5 Å². The van der Waals surface area contributed by atoms with Gasteiger partial charge in [-0.1, -0.05) is 6.42 Å². The summed E-state index contributed by atoms with van der Waals surface area (Å²) in [5.74, 6) is -0.396. The van der Waals surface area contributed by atoms with Crippen molar-refractivity contribution >= 4 is 12.0 Å². The number of ether oxygens (including phenoxy) is 1. The Hall–Kier alpha value is -1.30. The van der Waals surface area contributed by atoms with E-state index in [0.717, 1.165) is 19.4 Å². The zero-order chi connectivity index (χ0) is 14.5. The van der Waals surface area contributed by atoms with Crippen LogP contribution in [0.2, 0.25) is 0 Å². The normalized spacial score (nSPS) is 26.9. The second-order valence-corrected chi connectivity index (χ2v) is 5.72. The van der Waals surface area contributed by atoms with Crippen LogP contribution in [0, 0.1) is 5.92 Å². The Morgan fingerprint density at radius 3 is 2.80 bits per heavy atom. The van der Waals surface area contributed by atoms with E-state index in [2.05, 4.69) is 5.32 Å². The Morgan fingerprint density at radius 2 is 2.10 bits per heavy atom. The molecule has 0 aromatic rings. The van der Waals surface area contributed by atoms with E-state index in [1.807, 2.05) is 4.90 Å². The predicted molar refractivity (Wildman–Crippen MR) is 73.5 cm³/mol. The second kappa shape index (κ2) is 6.92. The number of nitrogens with zero attached hydrogens (tertiary/aromatic N) is 1. The molecule has 0 radical (unpaired) electrons. The summed E-state index contributed by atoms with van der Waals surface area (Å²) < 4.78 is 4.89. The number of hydrogen-bond acceptors (Lipinski definition) is 3. The lowest BCUT2D eigenvalue weighted by atomic mass is 9.92. The van der Waals surface area contributed by atoms with Crippen molar-refractivity contribution in [2.24, 2.45) is 5.92 Å². The maximum Gasteiger partial charge on any atom is 0.326 e. The molecule has 1 aliphatic heterocycles. The Labute approximate surface area is 119 Å². The van der Waals surface area contributed by atoms with Gasteiger partial charge in [0.1, 0.15) is 6.04 Å². The first kappa shape index (κ1) is 15.1. The van der Waals surface area contributed by atoms with Gasteiger partial charge in [-0.25, -0.2) is 9.59 Å². The lowest BCUT2D eigenvalue weighted by molar-refractivity contribution is -0.139. The van der Waals surface area contributed by atoms with E-state index >= 15 is 0 Å². The highest BCUT2D eigenvalue weighted by Crippen LogP contribution is 2.36. The van der Waals surface area contributed by atoms with Crippen LogP contribution in [0.15, 0.2) is 0 Å². The van der Waals surface area contributed by atoms with E-state index in [1.165, 1.54) is 26.4 Å². The van der Waals surface area contributed by atoms with E-state index in [0.29, 0.717) is 25.0 Å². The third kappa shape index (κ3) is 3.42. The standard InChI is InChI=1S/C14H24N2O4/c1-20-9-7-11(13(17)18)15-14(19)16-8-3-5-10-4-2-6-12(10)16/h10-12H,2-9H2,1H3,(H,15,19)(H,17,18). The van der Waals surface area contributed by atoms with Crippen molar-refractivity contribution in [2.75, 3.05) is 20.3 Å². The van der Waals surface area contributed by atoms with Gasteiger partial charge < -0.3 is 20.1 Å². The number of carbonyl (C=O) groups excluding carboxylic acids is 1. The molecular weight excluding hydrogens is 260 g/mol. The number of hydrogen-bond donors (Lipinski definition) is 2. The number of piperidine rings is 1. The van der Waals surface area contributed by atoms with Crippen LogP contribution < -0.4 is 5.32 Å².